The van der Waals surface area contributed by atoms with Gasteiger partial charge >= 0.3 is 5.97 Å². The predicted molar refractivity (Wildman–Crippen MR) is 135 cm³/mol. The van der Waals surface area contributed by atoms with E-state index in [-0.39, 0.29) is 27.0 Å². The first-order valence-corrected chi connectivity index (χ1v) is 12.0. The predicted octanol–water partition coefficient (Wildman–Crippen LogP) is 5.91. The van der Waals surface area contributed by atoms with Crippen molar-refractivity contribution in [3.63, 3.8) is 0 Å². The molecule has 184 valence electrons. The van der Waals surface area contributed by atoms with Gasteiger partial charge in [-0.15, -0.1) is 11.3 Å². The number of imidazole rings is 1. The zero-order valence-corrected chi connectivity index (χ0v) is 21.0. The molecule has 5 aromatic rings. The van der Waals surface area contributed by atoms with E-state index in [2.05, 4.69) is 10.1 Å². The lowest BCUT2D eigenvalue weighted by Crippen LogP contribution is -2.09. The van der Waals surface area contributed by atoms with Crippen molar-refractivity contribution in [1.82, 2.24) is 19.3 Å². The maximum Gasteiger partial charge on any atom is 0.351 e. The van der Waals surface area contributed by atoms with Gasteiger partial charge in [-0.25, -0.2) is 14.2 Å². The largest absolute Gasteiger partial charge is 0.506 e. The molecule has 0 saturated carbocycles. The highest BCUT2D eigenvalue weighted by Crippen LogP contribution is 2.40. The van der Waals surface area contributed by atoms with E-state index < -0.39 is 17.9 Å². The highest BCUT2D eigenvalue weighted by atomic mass is 35.5. The molecule has 5 rings (SSSR count). The lowest BCUT2D eigenvalue weighted by Gasteiger charge is -2.17. The van der Waals surface area contributed by atoms with Crippen LogP contribution in [0.1, 0.15) is 28.3 Å². The fourth-order valence-electron chi connectivity index (χ4n) is 3.92. The van der Waals surface area contributed by atoms with E-state index in [9.17, 15) is 14.3 Å². The Labute approximate surface area is 214 Å². The van der Waals surface area contributed by atoms with Crippen molar-refractivity contribution in [2.75, 3.05) is 7.11 Å². The molecule has 3 heterocycles. The molecular weight excluding hydrogens is 507 g/mol. The highest BCUT2D eigenvalue weighted by molar-refractivity contribution is 7.16. The molecule has 0 aliphatic rings. The number of phenols is 1. The van der Waals surface area contributed by atoms with Crippen LogP contribution in [0.4, 0.5) is 4.39 Å². The van der Waals surface area contributed by atoms with Crippen LogP contribution in [0.5, 0.6) is 11.5 Å². The number of ether oxygens (including phenoxy) is 2. The van der Waals surface area contributed by atoms with Crippen LogP contribution in [0.3, 0.4) is 0 Å². The number of hydrogen-bond donors (Lipinski definition) is 1. The molecule has 36 heavy (non-hydrogen) atoms. The van der Waals surface area contributed by atoms with Gasteiger partial charge < -0.3 is 14.6 Å². The maximum absolute atomic E-state index is 14.5. The van der Waals surface area contributed by atoms with Gasteiger partial charge in [-0.3, -0.25) is 9.25 Å². The van der Waals surface area contributed by atoms with Crippen molar-refractivity contribution in [2.24, 2.45) is 7.05 Å². The van der Waals surface area contributed by atoms with Crippen LogP contribution >= 0.6 is 22.9 Å². The third-order valence-corrected chi connectivity index (χ3v) is 7.19. The molecule has 0 fully saturated rings. The lowest BCUT2D eigenvalue weighted by molar-refractivity contribution is 0.0600. The number of phenolic OH excluding ortho intramolecular Hbond substituents is 1. The lowest BCUT2D eigenvalue weighted by atomic mass is 10.1. The summed E-state index contributed by atoms with van der Waals surface area (Å²) in [6.45, 7) is 1.58. The van der Waals surface area contributed by atoms with E-state index in [0.29, 0.717) is 5.00 Å². The fourth-order valence-corrected chi connectivity index (χ4v) is 5.22. The fraction of sp³-hybridized carbons (Fsp3) is 0.160. The van der Waals surface area contributed by atoms with Gasteiger partial charge in [0.2, 0.25) is 0 Å². The quantitative estimate of drug-likeness (QED) is 0.276. The van der Waals surface area contributed by atoms with Crippen molar-refractivity contribution >= 4 is 39.9 Å². The van der Waals surface area contributed by atoms with Gasteiger partial charge in [0.1, 0.15) is 34.7 Å². The molecule has 0 bridgehead atoms. The van der Waals surface area contributed by atoms with Gasteiger partial charge in [0.15, 0.2) is 4.88 Å². The van der Waals surface area contributed by atoms with Gasteiger partial charge in [-0.2, -0.15) is 5.10 Å². The highest BCUT2D eigenvalue weighted by Gasteiger charge is 2.25. The molecule has 11 heteroatoms. The summed E-state index contributed by atoms with van der Waals surface area (Å²) in [6.07, 6.45) is 4.46. The Kier molecular flexibility index (Phi) is 6.15. The Morgan fingerprint density at radius 2 is 2.03 bits per heavy atom. The topological polar surface area (TPSA) is 91.4 Å². The molecule has 2 aromatic carbocycles. The van der Waals surface area contributed by atoms with Crippen LogP contribution in [0.15, 0.2) is 55.1 Å². The molecule has 1 unspecified atom stereocenters. The number of aryl methyl sites for hydroxylation is 1. The van der Waals surface area contributed by atoms with Crippen LogP contribution in [-0.4, -0.2) is 37.5 Å². The van der Waals surface area contributed by atoms with Gasteiger partial charge in [0.05, 0.1) is 34.9 Å². The summed E-state index contributed by atoms with van der Waals surface area (Å²) in [5.74, 6) is -1.30. The van der Waals surface area contributed by atoms with E-state index in [1.165, 1.54) is 13.2 Å². The molecule has 0 radical (unpaired) electrons. The summed E-state index contributed by atoms with van der Waals surface area (Å²) in [7, 11) is 3.13. The zero-order chi connectivity index (χ0) is 25.6. The maximum atomic E-state index is 14.5. The van der Waals surface area contributed by atoms with Crippen LogP contribution < -0.4 is 4.74 Å². The van der Waals surface area contributed by atoms with Gasteiger partial charge in [-0.1, -0.05) is 17.7 Å². The number of fused-ring (bicyclic) bond motifs is 1. The Hall–Kier alpha value is -3.89. The second-order valence-corrected chi connectivity index (χ2v) is 9.45. The molecule has 0 aliphatic carbocycles. The van der Waals surface area contributed by atoms with Gasteiger partial charge in [-0.05, 0) is 36.8 Å². The van der Waals surface area contributed by atoms with Crippen molar-refractivity contribution in [3.8, 4) is 27.6 Å². The second-order valence-electron chi connectivity index (χ2n) is 8.04. The van der Waals surface area contributed by atoms with Crippen LogP contribution in [0.25, 0.3) is 27.2 Å². The molecule has 1 N–H and O–H groups in total. The number of rotatable bonds is 6. The molecule has 3 aromatic heterocycles. The number of aromatic hydroxyl groups is 1. The standard InChI is InChI=1S/C25H20ClFN4O4S/c1-13(22-16(27)5-7-19(32)23(22)26)35-20-9-21(36-24(20)25(33)34-3)31-12-28-17-8-14(4-6-18(17)31)15-10-29-30(2)11-15/h4-13,32H,1-3H3. The number of aromatic nitrogens is 4. The van der Waals surface area contributed by atoms with Crippen LogP contribution in [0, 0.1) is 5.82 Å². The van der Waals surface area contributed by atoms with E-state index in [1.807, 2.05) is 36.0 Å². The number of carbonyl (C=O) groups excluding carboxylic acids is 1. The molecule has 8 nitrogen and oxygen atoms in total. The monoisotopic (exact) mass is 526 g/mol. The average molecular weight is 527 g/mol. The summed E-state index contributed by atoms with van der Waals surface area (Å²) in [5, 5.41) is 14.6. The van der Waals surface area contributed by atoms with E-state index in [0.717, 1.165) is 39.6 Å². The van der Waals surface area contributed by atoms with E-state index >= 15 is 0 Å². The number of carbonyl (C=O) groups is 1. The third kappa shape index (κ3) is 4.18. The summed E-state index contributed by atoms with van der Waals surface area (Å²) in [6, 6.07) is 9.81. The molecule has 0 saturated heterocycles. The summed E-state index contributed by atoms with van der Waals surface area (Å²) in [5.41, 5.74) is 3.51. The molecule has 0 spiro atoms. The zero-order valence-electron chi connectivity index (χ0n) is 19.4. The number of hydrogen-bond acceptors (Lipinski definition) is 7. The van der Waals surface area contributed by atoms with Crippen LogP contribution in [-0.2, 0) is 11.8 Å². The van der Waals surface area contributed by atoms with Gasteiger partial charge in [0, 0.05) is 24.9 Å². The molecule has 0 amide bonds. The van der Waals surface area contributed by atoms with Crippen LogP contribution in [0.2, 0.25) is 5.02 Å². The molecular formula is C25H20ClFN4O4S. The second kappa shape index (κ2) is 9.29. The normalized spacial score (nSPS) is 12.1. The number of nitrogens with zero attached hydrogens (tertiary/aromatic N) is 4. The Morgan fingerprint density at radius 3 is 2.75 bits per heavy atom. The molecule has 1 atom stereocenters. The molecule has 0 aliphatic heterocycles. The Balaban J connectivity index is 1.53. The van der Waals surface area contributed by atoms with Gasteiger partial charge in [0.25, 0.3) is 0 Å². The number of benzene rings is 2. The first kappa shape index (κ1) is 23.8. The van der Waals surface area contributed by atoms with Crippen molar-refractivity contribution in [2.45, 2.75) is 13.0 Å². The van der Waals surface area contributed by atoms with E-state index in [1.54, 1.807) is 30.2 Å². The first-order valence-electron chi connectivity index (χ1n) is 10.8. The first-order chi connectivity index (χ1) is 17.3. The minimum absolute atomic E-state index is 0.0174. The number of halogens is 2. The third-order valence-electron chi connectivity index (χ3n) is 5.70. The SMILES string of the molecule is COC(=O)c1sc(-n2cnc3cc(-c4cnn(C)c4)ccc32)cc1OC(C)c1c(F)ccc(O)c1Cl. The minimum Gasteiger partial charge on any atom is -0.506 e. The smallest absolute Gasteiger partial charge is 0.351 e. The van der Waals surface area contributed by atoms with E-state index in [4.69, 9.17) is 21.1 Å². The number of methoxy groups -OCH3 is 1. The Morgan fingerprint density at radius 1 is 1.22 bits per heavy atom. The number of thiophene rings is 1. The minimum atomic E-state index is -0.906. The van der Waals surface area contributed by atoms with Crippen molar-refractivity contribution in [1.29, 1.82) is 0 Å². The number of esters is 1. The Bertz CT molecular complexity index is 1610. The average Bonchev–Trinajstić information content (AvgIpc) is 3.59. The summed E-state index contributed by atoms with van der Waals surface area (Å²) >= 11 is 7.27. The summed E-state index contributed by atoms with van der Waals surface area (Å²) in [4.78, 5) is 17.2. The van der Waals surface area contributed by atoms with Crippen molar-refractivity contribution in [3.05, 3.63) is 76.4 Å². The summed E-state index contributed by atoms with van der Waals surface area (Å²) < 4.78 is 29.0. The van der Waals surface area contributed by atoms with Crippen molar-refractivity contribution < 1.29 is 23.8 Å².